The van der Waals surface area contributed by atoms with Crippen LogP contribution in [0.4, 0.5) is 0 Å². The number of ether oxygens (including phenoxy) is 1. The van der Waals surface area contributed by atoms with E-state index in [0.29, 0.717) is 40.9 Å². The van der Waals surface area contributed by atoms with E-state index in [9.17, 15) is 9.59 Å². The van der Waals surface area contributed by atoms with Gasteiger partial charge in [0.2, 0.25) is 5.91 Å². The van der Waals surface area contributed by atoms with Crippen LogP contribution < -0.4 is 5.32 Å². The van der Waals surface area contributed by atoms with Gasteiger partial charge in [-0.25, -0.2) is 0 Å². The van der Waals surface area contributed by atoms with Gasteiger partial charge in [-0.1, -0.05) is 65.7 Å². The number of fused-ring (bicyclic) bond motifs is 1. The first-order valence-electron chi connectivity index (χ1n) is 10.7. The Bertz CT molecular complexity index is 1130. The summed E-state index contributed by atoms with van der Waals surface area (Å²) in [5, 5.41) is 4.18. The molecule has 3 aromatic rings. The largest absolute Gasteiger partial charge is 0.383 e. The molecule has 0 spiro atoms. The van der Waals surface area contributed by atoms with E-state index >= 15 is 0 Å². The second-order valence-electron chi connectivity index (χ2n) is 7.90. The molecule has 1 aliphatic heterocycles. The Morgan fingerprint density at radius 3 is 2.27 bits per heavy atom. The highest BCUT2D eigenvalue weighted by atomic mass is 35.5. The van der Waals surface area contributed by atoms with Crippen LogP contribution in [0.3, 0.4) is 0 Å². The lowest BCUT2D eigenvalue weighted by Gasteiger charge is -2.42. The van der Waals surface area contributed by atoms with Crippen LogP contribution in [0.1, 0.15) is 39.0 Å². The fraction of sp³-hybridized carbons (Fsp3) is 0.231. The van der Waals surface area contributed by atoms with Crippen molar-refractivity contribution < 1.29 is 14.3 Å². The predicted octanol–water partition coefficient (Wildman–Crippen LogP) is 5.24. The molecule has 1 aliphatic rings. The van der Waals surface area contributed by atoms with E-state index in [1.807, 2.05) is 42.5 Å². The maximum atomic E-state index is 13.7. The lowest BCUT2D eigenvalue weighted by Crippen LogP contribution is -2.47. The van der Waals surface area contributed by atoms with Crippen LogP contribution in [-0.4, -0.2) is 37.0 Å². The second kappa shape index (κ2) is 10.4. The summed E-state index contributed by atoms with van der Waals surface area (Å²) < 4.78 is 5.10. The topological polar surface area (TPSA) is 58.6 Å². The van der Waals surface area contributed by atoms with Crippen molar-refractivity contribution in [2.45, 2.75) is 18.5 Å². The fourth-order valence-corrected chi connectivity index (χ4v) is 4.51. The molecule has 4 rings (SSSR count). The molecule has 3 aromatic carbocycles. The molecule has 1 heterocycles. The van der Waals surface area contributed by atoms with E-state index < -0.39 is 12.0 Å². The van der Waals surface area contributed by atoms with E-state index in [1.54, 1.807) is 42.3 Å². The molecule has 7 heteroatoms. The maximum absolute atomic E-state index is 13.7. The number of nitrogens with zero attached hydrogens (tertiary/aromatic N) is 1. The lowest BCUT2D eigenvalue weighted by atomic mass is 9.79. The number of rotatable bonds is 7. The maximum Gasteiger partial charge on any atom is 0.255 e. The Hall–Kier alpha value is -2.86. The molecule has 0 fully saturated rings. The zero-order chi connectivity index (χ0) is 23.4. The summed E-state index contributed by atoms with van der Waals surface area (Å²) in [6.07, 6.45) is 0. The van der Waals surface area contributed by atoms with Crippen LogP contribution in [-0.2, 0) is 16.1 Å². The van der Waals surface area contributed by atoms with Gasteiger partial charge in [-0.15, -0.1) is 0 Å². The highest BCUT2D eigenvalue weighted by Gasteiger charge is 2.44. The van der Waals surface area contributed by atoms with Crippen molar-refractivity contribution in [2.75, 3.05) is 20.3 Å². The van der Waals surface area contributed by atoms with E-state index in [1.165, 1.54) is 0 Å². The number of carbonyl (C=O) groups excluding carboxylic acids is 2. The average molecular weight is 483 g/mol. The third kappa shape index (κ3) is 5.06. The number of halogens is 2. The quantitative estimate of drug-likeness (QED) is 0.468. The Labute approximate surface area is 203 Å². The minimum absolute atomic E-state index is 0.124. The van der Waals surface area contributed by atoms with Crippen LogP contribution in [0.15, 0.2) is 72.8 Å². The summed E-state index contributed by atoms with van der Waals surface area (Å²) in [6, 6.07) is 21.5. The lowest BCUT2D eigenvalue weighted by molar-refractivity contribution is -0.124. The number of benzene rings is 3. The van der Waals surface area contributed by atoms with E-state index in [-0.39, 0.29) is 11.8 Å². The van der Waals surface area contributed by atoms with Crippen molar-refractivity contribution in [1.29, 1.82) is 0 Å². The van der Waals surface area contributed by atoms with Crippen LogP contribution in [0.5, 0.6) is 0 Å². The minimum Gasteiger partial charge on any atom is -0.383 e. The summed E-state index contributed by atoms with van der Waals surface area (Å²) in [7, 11) is 1.59. The van der Waals surface area contributed by atoms with E-state index in [4.69, 9.17) is 27.9 Å². The average Bonchev–Trinajstić information content (AvgIpc) is 2.82. The number of nitrogens with one attached hydrogen (secondary N) is 1. The van der Waals surface area contributed by atoms with Crippen LogP contribution in [0, 0.1) is 0 Å². The van der Waals surface area contributed by atoms with E-state index in [2.05, 4.69) is 5.32 Å². The van der Waals surface area contributed by atoms with Gasteiger partial charge in [0.25, 0.3) is 5.91 Å². The molecule has 0 aromatic heterocycles. The van der Waals surface area contributed by atoms with Crippen molar-refractivity contribution in [3.8, 4) is 0 Å². The first kappa shape index (κ1) is 23.3. The molecule has 2 atom stereocenters. The van der Waals surface area contributed by atoms with Crippen LogP contribution in [0.25, 0.3) is 0 Å². The second-order valence-corrected chi connectivity index (χ2v) is 8.78. The summed E-state index contributed by atoms with van der Waals surface area (Å²) in [5.74, 6) is -0.876. The highest BCUT2D eigenvalue weighted by molar-refractivity contribution is 6.30. The number of hydrogen-bond donors (Lipinski definition) is 1. The zero-order valence-electron chi connectivity index (χ0n) is 18.1. The third-order valence-corrected chi connectivity index (χ3v) is 6.31. The summed E-state index contributed by atoms with van der Waals surface area (Å²) >= 11 is 12.2. The molecule has 0 aliphatic carbocycles. The van der Waals surface area contributed by atoms with Gasteiger partial charge in [0.15, 0.2) is 0 Å². The number of hydrogen-bond acceptors (Lipinski definition) is 3. The van der Waals surface area contributed by atoms with Crippen molar-refractivity contribution in [3.05, 3.63) is 105 Å². The van der Waals surface area contributed by atoms with Gasteiger partial charge < -0.3 is 15.0 Å². The van der Waals surface area contributed by atoms with Crippen molar-refractivity contribution in [2.24, 2.45) is 0 Å². The van der Waals surface area contributed by atoms with Crippen molar-refractivity contribution >= 4 is 35.0 Å². The molecule has 1 N–H and O–H groups in total. The summed E-state index contributed by atoms with van der Waals surface area (Å²) in [6.45, 7) is 1.12. The summed E-state index contributed by atoms with van der Waals surface area (Å²) in [5.41, 5.74) is 3.00. The van der Waals surface area contributed by atoms with Gasteiger partial charge in [-0.05, 0) is 47.0 Å². The molecule has 33 heavy (non-hydrogen) atoms. The number of amides is 2. The minimum atomic E-state index is -0.593. The Kier molecular flexibility index (Phi) is 7.33. The molecule has 0 saturated carbocycles. The standard InChI is InChI=1S/C26H24Cl2N2O3/c1-33-15-14-29-25(31)23-21-4-2-3-5-22(21)26(32)30(16-17-6-10-19(27)11-7-17)24(23)18-8-12-20(28)13-9-18/h2-13,23-24H,14-16H2,1H3,(H,29,31)/t23-,24+/m1/s1. The third-order valence-electron chi connectivity index (χ3n) is 5.80. The smallest absolute Gasteiger partial charge is 0.255 e. The molecule has 0 bridgehead atoms. The van der Waals surface area contributed by atoms with Gasteiger partial charge in [0.05, 0.1) is 18.6 Å². The van der Waals surface area contributed by atoms with Gasteiger partial charge in [-0.3, -0.25) is 9.59 Å². The molecule has 5 nitrogen and oxygen atoms in total. The monoisotopic (exact) mass is 482 g/mol. The van der Waals surface area contributed by atoms with Gasteiger partial charge in [0, 0.05) is 35.8 Å². The molecular formula is C26H24Cl2N2O3. The molecule has 0 unspecified atom stereocenters. The van der Waals surface area contributed by atoms with Gasteiger partial charge >= 0.3 is 0 Å². The van der Waals surface area contributed by atoms with Crippen molar-refractivity contribution in [1.82, 2.24) is 10.2 Å². The molecule has 2 amide bonds. The Balaban J connectivity index is 1.82. The Morgan fingerprint density at radius 2 is 1.61 bits per heavy atom. The Morgan fingerprint density at radius 1 is 0.970 bits per heavy atom. The first-order valence-corrected chi connectivity index (χ1v) is 11.4. The highest BCUT2D eigenvalue weighted by Crippen LogP contribution is 2.43. The molecule has 0 radical (unpaired) electrons. The predicted molar refractivity (Wildman–Crippen MR) is 130 cm³/mol. The van der Waals surface area contributed by atoms with Crippen molar-refractivity contribution in [3.63, 3.8) is 0 Å². The van der Waals surface area contributed by atoms with Gasteiger partial charge in [-0.2, -0.15) is 0 Å². The summed E-state index contributed by atoms with van der Waals surface area (Å²) in [4.78, 5) is 28.9. The molecule has 170 valence electrons. The van der Waals surface area contributed by atoms with Gasteiger partial charge in [0.1, 0.15) is 0 Å². The molecule has 0 saturated heterocycles. The normalized spacial score (nSPS) is 17.5. The van der Waals surface area contributed by atoms with E-state index in [0.717, 1.165) is 11.1 Å². The fourth-order valence-electron chi connectivity index (χ4n) is 4.25. The SMILES string of the molecule is COCCNC(=O)[C@@H]1c2ccccc2C(=O)N(Cc2ccc(Cl)cc2)[C@H]1c1ccc(Cl)cc1. The van der Waals surface area contributed by atoms with Crippen LogP contribution in [0.2, 0.25) is 10.0 Å². The number of methoxy groups -OCH3 is 1. The first-order chi connectivity index (χ1) is 16.0. The van der Waals surface area contributed by atoms with Crippen LogP contribution >= 0.6 is 23.2 Å². The number of carbonyl (C=O) groups is 2. The molecular weight excluding hydrogens is 459 g/mol. The zero-order valence-corrected chi connectivity index (χ0v) is 19.6.